The summed E-state index contributed by atoms with van der Waals surface area (Å²) < 4.78 is 4.30. The van der Waals surface area contributed by atoms with Gasteiger partial charge in [0.25, 0.3) is 0 Å². The molecule has 56 heavy (non-hydrogen) atoms. The molecule has 1 aliphatic rings. The second-order valence-corrected chi connectivity index (χ2v) is 17.2. The van der Waals surface area contributed by atoms with Crippen LogP contribution in [0.2, 0.25) is 0 Å². The number of hydrogen-bond acceptors (Lipinski definition) is 4. The summed E-state index contributed by atoms with van der Waals surface area (Å²) in [5.74, 6) is 2.40. The summed E-state index contributed by atoms with van der Waals surface area (Å²) in [6.45, 7) is 4.06. The fourth-order valence-electron chi connectivity index (χ4n) is 6.91. The normalized spacial score (nSPS) is 12.9. The molecule has 0 amide bonds. The van der Waals surface area contributed by atoms with Crippen LogP contribution in [-0.2, 0) is 27.2 Å². The lowest BCUT2D eigenvalue weighted by atomic mass is 10.00. The van der Waals surface area contributed by atoms with Crippen LogP contribution in [0.3, 0.4) is 0 Å². The molecule has 0 spiro atoms. The maximum Gasteiger partial charge on any atom is 0.204 e. The molecule has 5 aromatic rings. The average molecular weight is 779 g/mol. The van der Waals surface area contributed by atoms with Crippen LogP contribution >= 0.6 is 21.6 Å². The Morgan fingerprint density at radius 1 is 0.518 bits per heavy atom. The number of anilines is 1. The van der Waals surface area contributed by atoms with Crippen LogP contribution in [0.1, 0.15) is 66.6 Å². The minimum absolute atomic E-state index is 0.928. The summed E-state index contributed by atoms with van der Waals surface area (Å²) in [5.41, 5.74) is 10.5. The standard InChI is InChI=1S/C50H58N4S2/c1-51-35-11-9-21-47(51)29-23-43-25-31-49(32-26-43)53(41-45-17-5-3-6-18-45)37-13-15-39-55-56-40-16-14-38-54(42-46-19-7-4-8-20-46)50-33-27-44(28-34-50)24-30-48-22-10-12-36-52(48)2/h3-12,17-27,29-33,35-36H,13-16,28,34,37-42H2,1-2H3/q+2. The number of aryl methyl sites for hydroxylation is 2. The van der Waals surface area contributed by atoms with Crippen molar-refractivity contribution in [2.75, 3.05) is 29.5 Å². The maximum absolute atomic E-state index is 2.62. The number of unbranched alkanes of at least 4 members (excludes halogenated alkanes) is 2. The zero-order valence-corrected chi connectivity index (χ0v) is 34.9. The molecule has 0 atom stereocenters. The number of pyridine rings is 2. The summed E-state index contributed by atoms with van der Waals surface area (Å²) in [5, 5.41) is 0. The lowest BCUT2D eigenvalue weighted by Gasteiger charge is -2.29. The third kappa shape index (κ3) is 13.5. The Bertz CT molecular complexity index is 2040. The fraction of sp³-hybridized carbons (Fsp3) is 0.280. The third-order valence-corrected chi connectivity index (χ3v) is 12.8. The van der Waals surface area contributed by atoms with Gasteiger partial charge in [0.1, 0.15) is 14.1 Å². The van der Waals surface area contributed by atoms with E-state index in [0.717, 1.165) is 39.0 Å². The van der Waals surface area contributed by atoms with E-state index in [4.69, 9.17) is 0 Å². The van der Waals surface area contributed by atoms with Gasteiger partial charge in [-0.1, -0.05) is 107 Å². The average Bonchev–Trinajstić information content (AvgIpc) is 3.24. The number of allylic oxidation sites excluding steroid dienone is 5. The first-order valence-corrected chi connectivity index (χ1v) is 22.7. The number of aromatic nitrogens is 2. The summed E-state index contributed by atoms with van der Waals surface area (Å²) in [4.78, 5) is 5.16. The van der Waals surface area contributed by atoms with Crippen molar-refractivity contribution in [3.63, 3.8) is 0 Å². The minimum atomic E-state index is 0.928. The van der Waals surface area contributed by atoms with Gasteiger partial charge in [-0.25, -0.2) is 9.13 Å². The Kier molecular flexibility index (Phi) is 16.6. The molecule has 3 aromatic carbocycles. The van der Waals surface area contributed by atoms with Crippen molar-refractivity contribution in [2.45, 2.75) is 51.6 Å². The Balaban J connectivity index is 0.928. The molecule has 0 saturated heterocycles. The monoisotopic (exact) mass is 778 g/mol. The van der Waals surface area contributed by atoms with Gasteiger partial charge in [0.05, 0.1) is 0 Å². The molecule has 0 unspecified atom stereocenters. The molecule has 1 aliphatic carbocycles. The van der Waals surface area contributed by atoms with E-state index in [1.54, 1.807) is 0 Å². The van der Waals surface area contributed by atoms with Crippen molar-refractivity contribution >= 4 is 45.5 Å². The predicted molar refractivity (Wildman–Crippen MR) is 243 cm³/mol. The lowest BCUT2D eigenvalue weighted by Crippen LogP contribution is -2.30. The first kappa shape index (κ1) is 40.9. The van der Waals surface area contributed by atoms with Gasteiger partial charge in [-0.2, -0.15) is 0 Å². The molecule has 2 aromatic heterocycles. The van der Waals surface area contributed by atoms with Gasteiger partial charge in [-0.3, -0.25) is 0 Å². The number of hydrogen-bond donors (Lipinski definition) is 0. The highest BCUT2D eigenvalue weighted by atomic mass is 33.1. The largest absolute Gasteiger partial charge is 0.370 e. The molecule has 0 aliphatic heterocycles. The lowest BCUT2D eigenvalue weighted by molar-refractivity contribution is -0.673. The highest BCUT2D eigenvalue weighted by Gasteiger charge is 2.14. The van der Waals surface area contributed by atoms with Crippen LogP contribution in [0.25, 0.3) is 18.2 Å². The molecule has 2 heterocycles. The molecule has 0 bridgehead atoms. The molecule has 4 nitrogen and oxygen atoms in total. The fourth-order valence-corrected chi connectivity index (χ4v) is 9.20. The maximum atomic E-state index is 2.62. The van der Waals surface area contributed by atoms with E-state index in [1.807, 2.05) is 0 Å². The van der Waals surface area contributed by atoms with Crippen molar-refractivity contribution in [3.8, 4) is 0 Å². The SMILES string of the molecule is C[n+]1ccccc1/C=C/C1=CC=C(N(CCCCSSCCCCN(Cc2ccccc2)c2ccc(/C=C/c3cccc[n+]3C)cc2)Cc2ccccc2)CC1. The topological polar surface area (TPSA) is 14.2 Å². The van der Waals surface area contributed by atoms with Crippen LogP contribution < -0.4 is 14.0 Å². The van der Waals surface area contributed by atoms with E-state index in [0.29, 0.717) is 0 Å². The van der Waals surface area contributed by atoms with Crippen LogP contribution in [0, 0.1) is 0 Å². The van der Waals surface area contributed by atoms with E-state index >= 15 is 0 Å². The zero-order chi connectivity index (χ0) is 38.6. The molecule has 6 rings (SSSR count). The van der Waals surface area contributed by atoms with E-state index in [2.05, 4.69) is 225 Å². The molecule has 288 valence electrons. The number of rotatable bonds is 21. The smallest absolute Gasteiger partial charge is 0.204 e. The van der Waals surface area contributed by atoms with Gasteiger partial charge in [-0.05, 0) is 97.2 Å². The molecule has 0 N–H and O–H groups in total. The van der Waals surface area contributed by atoms with E-state index < -0.39 is 0 Å². The van der Waals surface area contributed by atoms with Crippen molar-refractivity contribution in [3.05, 3.63) is 191 Å². The second-order valence-electron chi connectivity index (χ2n) is 14.5. The highest BCUT2D eigenvalue weighted by molar-refractivity contribution is 8.76. The van der Waals surface area contributed by atoms with Crippen molar-refractivity contribution < 1.29 is 9.13 Å². The molecule has 0 fully saturated rings. The summed E-state index contributed by atoms with van der Waals surface area (Å²) >= 11 is 0. The molecular formula is C50H58N4S2+2. The number of benzene rings is 3. The summed E-state index contributed by atoms with van der Waals surface area (Å²) in [6.07, 6.45) is 24.8. The van der Waals surface area contributed by atoms with Gasteiger partial charge in [-0.15, -0.1) is 0 Å². The van der Waals surface area contributed by atoms with Crippen LogP contribution in [0.15, 0.2) is 163 Å². The Labute approximate surface area is 344 Å². The molecule has 6 heteroatoms. The van der Waals surface area contributed by atoms with Gasteiger partial charge in [0.2, 0.25) is 11.4 Å². The predicted octanol–water partition coefficient (Wildman–Crippen LogP) is 11.3. The van der Waals surface area contributed by atoms with Crippen molar-refractivity contribution in [2.24, 2.45) is 14.1 Å². The third-order valence-electron chi connectivity index (χ3n) is 10.3. The first-order valence-electron chi connectivity index (χ1n) is 20.2. The summed E-state index contributed by atoms with van der Waals surface area (Å²) in [7, 11) is 8.29. The molecular weight excluding hydrogens is 721 g/mol. The van der Waals surface area contributed by atoms with Crippen LogP contribution in [0.4, 0.5) is 5.69 Å². The van der Waals surface area contributed by atoms with Crippen LogP contribution in [0.5, 0.6) is 0 Å². The van der Waals surface area contributed by atoms with Crippen molar-refractivity contribution in [1.82, 2.24) is 4.90 Å². The van der Waals surface area contributed by atoms with Crippen molar-refractivity contribution in [1.29, 1.82) is 0 Å². The van der Waals surface area contributed by atoms with E-state index in [9.17, 15) is 0 Å². The van der Waals surface area contributed by atoms with E-state index in [1.165, 1.54) is 82.2 Å². The van der Waals surface area contributed by atoms with Gasteiger partial charge >= 0.3 is 0 Å². The molecule has 0 radical (unpaired) electrons. The highest BCUT2D eigenvalue weighted by Crippen LogP contribution is 2.27. The molecule has 0 saturated carbocycles. The zero-order valence-electron chi connectivity index (χ0n) is 33.3. The van der Waals surface area contributed by atoms with Gasteiger partial charge in [0, 0.05) is 85.5 Å². The minimum Gasteiger partial charge on any atom is -0.370 e. The number of nitrogens with zero attached hydrogens (tertiary/aromatic N) is 4. The van der Waals surface area contributed by atoms with Gasteiger partial charge in [0.15, 0.2) is 12.4 Å². The van der Waals surface area contributed by atoms with Gasteiger partial charge < -0.3 is 9.80 Å². The first-order chi connectivity index (χ1) is 27.6. The Morgan fingerprint density at radius 3 is 1.61 bits per heavy atom. The second kappa shape index (κ2) is 22.7. The van der Waals surface area contributed by atoms with E-state index in [-0.39, 0.29) is 0 Å². The quantitative estimate of drug-likeness (QED) is 0.0418. The Hall–Kier alpha value is -4.78. The Morgan fingerprint density at radius 2 is 1.05 bits per heavy atom. The summed E-state index contributed by atoms with van der Waals surface area (Å²) in [6, 6.07) is 43.5. The van der Waals surface area contributed by atoms with Crippen LogP contribution in [-0.4, -0.2) is 29.5 Å².